The molecular weight excluding hydrogens is 238 g/mol. The summed E-state index contributed by atoms with van der Waals surface area (Å²) in [7, 11) is 1.57. The summed E-state index contributed by atoms with van der Waals surface area (Å²) in [6.45, 7) is 1.71. The summed E-state index contributed by atoms with van der Waals surface area (Å²) in [4.78, 5) is 4.30. The summed E-state index contributed by atoms with van der Waals surface area (Å²) in [5.74, 6) is 1.06. The highest BCUT2D eigenvalue weighted by Gasteiger charge is 2.10. The number of methoxy groups -OCH3 is 1. The standard InChI is InChI=1S/C13H16ClNO2/c1-16-13-12(14)5-4-11(15-13)3-2-10-6-8-17-9-7-10/h2-5,10H,6-9H2,1H3. The monoisotopic (exact) mass is 253 g/mol. The number of hydrogen-bond donors (Lipinski definition) is 0. The highest BCUT2D eigenvalue weighted by Crippen LogP contribution is 2.22. The first-order valence-electron chi connectivity index (χ1n) is 5.76. The van der Waals surface area contributed by atoms with Crippen LogP contribution < -0.4 is 4.74 Å². The second-order valence-corrected chi connectivity index (χ2v) is 4.44. The van der Waals surface area contributed by atoms with Crippen LogP contribution in [0.4, 0.5) is 0 Å². The molecule has 0 spiro atoms. The number of aromatic nitrogens is 1. The molecule has 2 rings (SSSR count). The predicted molar refractivity (Wildman–Crippen MR) is 68.4 cm³/mol. The van der Waals surface area contributed by atoms with Gasteiger partial charge in [-0.05, 0) is 37.0 Å². The van der Waals surface area contributed by atoms with E-state index in [-0.39, 0.29) is 0 Å². The Morgan fingerprint density at radius 1 is 1.41 bits per heavy atom. The fourth-order valence-corrected chi connectivity index (χ4v) is 2.00. The van der Waals surface area contributed by atoms with Crippen LogP contribution in [0.2, 0.25) is 5.02 Å². The SMILES string of the molecule is COc1nc(C=CC2CCOCC2)ccc1Cl. The van der Waals surface area contributed by atoms with E-state index in [0.717, 1.165) is 31.7 Å². The Kier molecular flexibility index (Phi) is 4.40. The molecule has 0 aliphatic carbocycles. The molecule has 0 aromatic carbocycles. The summed E-state index contributed by atoms with van der Waals surface area (Å²) in [5.41, 5.74) is 0.873. The van der Waals surface area contributed by atoms with Gasteiger partial charge in [-0.1, -0.05) is 17.7 Å². The molecule has 3 nitrogen and oxygen atoms in total. The highest BCUT2D eigenvalue weighted by atomic mass is 35.5. The van der Waals surface area contributed by atoms with Crippen LogP contribution in [-0.4, -0.2) is 25.3 Å². The van der Waals surface area contributed by atoms with Crippen LogP contribution in [0.15, 0.2) is 18.2 Å². The van der Waals surface area contributed by atoms with Gasteiger partial charge in [0.2, 0.25) is 5.88 Å². The van der Waals surface area contributed by atoms with Crippen molar-refractivity contribution in [3.63, 3.8) is 0 Å². The van der Waals surface area contributed by atoms with E-state index in [1.54, 1.807) is 13.2 Å². The van der Waals surface area contributed by atoms with E-state index < -0.39 is 0 Å². The minimum Gasteiger partial charge on any atom is -0.480 e. The lowest BCUT2D eigenvalue weighted by Crippen LogP contribution is -2.13. The second kappa shape index (κ2) is 6.03. The molecule has 4 heteroatoms. The molecule has 2 heterocycles. The minimum absolute atomic E-state index is 0.473. The lowest BCUT2D eigenvalue weighted by atomic mass is 9.99. The van der Waals surface area contributed by atoms with Gasteiger partial charge in [0.05, 0.1) is 12.8 Å². The summed E-state index contributed by atoms with van der Waals surface area (Å²) < 4.78 is 10.4. The lowest BCUT2D eigenvalue weighted by molar-refractivity contribution is 0.0787. The van der Waals surface area contributed by atoms with Crippen molar-refractivity contribution in [2.75, 3.05) is 20.3 Å². The number of nitrogens with zero attached hydrogens (tertiary/aromatic N) is 1. The van der Waals surface area contributed by atoms with Gasteiger partial charge in [0.15, 0.2) is 0 Å². The van der Waals surface area contributed by atoms with Gasteiger partial charge in [0.25, 0.3) is 0 Å². The first-order valence-corrected chi connectivity index (χ1v) is 6.14. The number of ether oxygens (including phenoxy) is 2. The Labute approximate surface area is 106 Å². The van der Waals surface area contributed by atoms with Crippen LogP contribution in [-0.2, 0) is 4.74 Å². The maximum Gasteiger partial charge on any atom is 0.232 e. The third kappa shape index (κ3) is 3.45. The van der Waals surface area contributed by atoms with Crippen molar-refractivity contribution >= 4 is 17.7 Å². The van der Waals surface area contributed by atoms with Crippen molar-refractivity contribution in [1.29, 1.82) is 0 Å². The van der Waals surface area contributed by atoms with E-state index in [4.69, 9.17) is 21.1 Å². The Balaban J connectivity index is 2.04. The molecule has 0 N–H and O–H groups in total. The number of rotatable bonds is 3. The Hall–Kier alpha value is -1.06. The fraction of sp³-hybridized carbons (Fsp3) is 0.462. The maximum absolute atomic E-state index is 5.92. The molecule has 1 fully saturated rings. The zero-order chi connectivity index (χ0) is 12.1. The normalized spacial score (nSPS) is 17.5. The van der Waals surface area contributed by atoms with Crippen LogP contribution in [0, 0.1) is 5.92 Å². The third-order valence-electron chi connectivity index (χ3n) is 2.83. The summed E-state index contributed by atoms with van der Waals surface area (Å²) >= 11 is 5.92. The van der Waals surface area contributed by atoms with Crippen LogP contribution in [0.3, 0.4) is 0 Å². The zero-order valence-corrected chi connectivity index (χ0v) is 10.6. The predicted octanol–water partition coefficient (Wildman–Crippen LogP) is 3.18. The lowest BCUT2D eigenvalue weighted by Gasteiger charge is -2.18. The first-order chi connectivity index (χ1) is 8.29. The largest absolute Gasteiger partial charge is 0.480 e. The van der Waals surface area contributed by atoms with Crippen LogP contribution in [0.5, 0.6) is 5.88 Å². The zero-order valence-electron chi connectivity index (χ0n) is 9.86. The van der Waals surface area contributed by atoms with Crippen LogP contribution in [0.25, 0.3) is 6.08 Å². The Morgan fingerprint density at radius 3 is 2.88 bits per heavy atom. The minimum atomic E-state index is 0.473. The van der Waals surface area contributed by atoms with E-state index in [1.807, 2.05) is 12.1 Å². The van der Waals surface area contributed by atoms with Crippen molar-refractivity contribution in [1.82, 2.24) is 4.98 Å². The molecule has 1 aromatic rings. The Bertz CT molecular complexity index is 400. The molecule has 1 saturated heterocycles. The maximum atomic E-state index is 5.92. The van der Waals surface area contributed by atoms with Crippen molar-refractivity contribution < 1.29 is 9.47 Å². The smallest absolute Gasteiger partial charge is 0.232 e. The topological polar surface area (TPSA) is 31.4 Å². The molecule has 0 atom stereocenters. The van der Waals surface area contributed by atoms with Gasteiger partial charge in [-0.2, -0.15) is 0 Å². The quantitative estimate of drug-likeness (QED) is 0.829. The van der Waals surface area contributed by atoms with Crippen molar-refractivity contribution in [2.45, 2.75) is 12.8 Å². The molecule has 0 amide bonds. The molecule has 0 bridgehead atoms. The molecule has 0 unspecified atom stereocenters. The summed E-state index contributed by atoms with van der Waals surface area (Å²) in [6.07, 6.45) is 6.38. The van der Waals surface area contributed by atoms with Crippen molar-refractivity contribution in [2.24, 2.45) is 5.92 Å². The summed E-state index contributed by atoms with van der Waals surface area (Å²) in [6, 6.07) is 3.69. The van der Waals surface area contributed by atoms with E-state index in [2.05, 4.69) is 11.1 Å². The van der Waals surface area contributed by atoms with Gasteiger partial charge >= 0.3 is 0 Å². The van der Waals surface area contributed by atoms with Gasteiger partial charge in [-0.25, -0.2) is 4.98 Å². The highest BCUT2D eigenvalue weighted by molar-refractivity contribution is 6.31. The second-order valence-electron chi connectivity index (χ2n) is 4.04. The van der Waals surface area contributed by atoms with E-state index >= 15 is 0 Å². The van der Waals surface area contributed by atoms with Gasteiger partial charge < -0.3 is 9.47 Å². The van der Waals surface area contributed by atoms with Gasteiger partial charge in [0, 0.05) is 13.2 Å². The van der Waals surface area contributed by atoms with Crippen LogP contribution in [0.1, 0.15) is 18.5 Å². The number of allylic oxidation sites excluding steroid dienone is 1. The average molecular weight is 254 g/mol. The van der Waals surface area contributed by atoms with Crippen molar-refractivity contribution in [3.05, 3.63) is 28.9 Å². The molecule has 17 heavy (non-hydrogen) atoms. The van der Waals surface area contributed by atoms with Gasteiger partial charge in [-0.3, -0.25) is 0 Å². The van der Waals surface area contributed by atoms with E-state index in [0.29, 0.717) is 16.8 Å². The third-order valence-corrected chi connectivity index (χ3v) is 3.12. The van der Waals surface area contributed by atoms with Crippen molar-refractivity contribution in [3.8, 4) is 5.88 Å². The van der Waals surface area contributed by atoms with Crippen LogP contribution >= 0.6 is 11.6 Å². The molecule has 92 valence electrons. The van der Waals surface area contributed by atoms with E-state index in [9.17, 15) is 0 Å². The fourth-order valence-electron chi connectivity index (χ4n) is 1.82. The average Bonchev–Trinajstić information content (AvgIpc) is 2.39. The molecule has 0 radical (unpaired) electrons. The molecule has 1 aliphatic rings. The molecule has 1 aromatic heterocycles. The molecule has 0 saturated carbocycles. The number of hydrogen-bond acceptors (Lipinski definition) is 3. The number of pyridine rings is 1. The van der Waals surface area contributed by atoms with E-state index in [1.165, 1.54) is 0 Å². The first kappa shape index (κ1) is 12.4. The summed E-state index contributed by atoms with van der Waals surface area (Å²) in [5, 5.41) is 0.538. The molecular formula is C13H16ClNO2. The number of halogens is 1. The van der Waals surface area contributed by atoms with Gasteiger partial charge in [-0.15, -0.1) is 0 Å². The van der Waals surface area contributed by atoms with Gasteiger partial charge in [0.1, 0.15) is 5.02 Å². The molecule has 1 aliphatic heterocycles. The Morgan fingerprint density at radius 2 is 2.18 bits per heavy atom.